The van der Waals surface area contributed by atoms with Crippen molar-refractivity contribution in [2.45, 2.75) is 27.2 Å². The lowest BCUT2D eigenvalue weighted by molar-refractivity contribution is 0.751. The lowest BCUT2D eigenvalue weighted by atomic mass is 10.1. The highest BCUT2D eigenvalue weighted by molar-refractivity contribution is 5.62. The van der Waals surface area contributed by atoms with E-state index in [4.69, 9.17) is 5.73 Å². The third-order valence-corrected chi connectivity index (χ3v) is 2.06. The lowest BCUT2D eigenvalue weighted by Crippen LogP contribution is -2.13. The molecule has 1 unspecified atom stereocenters. The fourth-order valence-corrected chi connectivity index (χ4v) is 0.791. The van der Waals surface area contributed by atoms with Crippen LogP contribution in [0.3, 0.4) is 0 Å². The Morgan fingerprint density at radius 2 is 2.20 bits per heavy atom. The summed E-state index contributed by atoms with van der Waals surface area (Å²) < 4.78 is 0. The van der Waals surface area contributed by atoms with Crippen LogP contribution in [-0.4, -0.2) is 6.21 Å². The van der Waals surface area contributed by atoms with Crippen LogP contribution in [0.4, 0.5) is 0 Å². The van der Waals surface area contributed by atoms with Gasteiger partial charge < -0.3 is 11.1 Å². The number of hydrogen-bond acceptors (Lipinski definition) is 3. The average Bonchev–Trinajstić information content (AvgIpc) is 2.22. The van der Waals surface area contributed by atoms with Crippen LogP contribution in [0.25, 0.3) is 0 Å². The van der Waals surface area contributed by atoms with Crippen LogP contribution in [0.1, 0.15) is 27.2 Å². The molecule has 0 saturated heterocycles. The van der Waals surface area contributed by atoms with E-state index in [9.17, 15) is 0 Å². The van der Waals surface area contributed by atoms with Gasteiger partial charge in [-0.1, -0.05) is 27.0 Å². The van der Waals surface area contributed by atoms with Crippen LogP contribution in [0.2, 0.25) is 0 Å². The molecule has 0 aromatic heterocycles. The van der Waals surface area contributed by atoms with Gasteiger partial charge in [-0.05, 0) is 31.0 Å². The van der Waals surface area contributed by atoms with Crippen LogP contribution >= 0.6 is 0 Å². The summed E-state index contributed by atoms with van der Waals surface area (Å²) in [6.07, 6.45) is 4.48. The second-order valence-corrected chi connectivity index (χ2v) is 3.55. The molecule has 3 nitrogen and oxygen atoms in total. The Morgan fingerprint density at radius 1 is 1.60 bits per heavy atom. The van der Waals surface area contributed by atoms with E-state index in [1.807, 2.05) is 13.1 Å². The van der Waals surface area contributed by atoms with Gasteiger partial charge in [0.2, 0.25) is 0 Å². The predicted molar refractivity (Wildman–Crippen MR) is 67.3 cm³/mol. The molecule has 0 fully saturated rings. The lowest BCUT2D eigenvalue weighted by Gasteiger charge is -2.08. The molecule has 0 rings (SSSR count). The zero-order chi connectivity index (χ0) is 11.8. The number of allylic oxidation sites excluding steroid dienone is 1. The Labute approximate surface area is 92.5 Å². The van der Waals surface area contributed by atoms with Gasteiger partial charge in [-0.25, -0.2) is 4.99 Å². The Balaban J connectivity index is 4.82. The first-order valence-corrected chi connectivity index (χ1v) is 5.10. The van der Waals surface area contributed by atoms with Crippen LogP contribution in [-0.2, 0) is 0 Å². The summed E-state index contributed by atoms with van der Waals surface area (Å²) in [7, 11) is 0. The SMILES string of the molecule is C=CN/C(N=CC(C)CC)=C(\N)C(=C)C. The van der Waals surface area contributed by atoms with Gasteiger partial charge in [0, 0.05) is 6.21 Å². The third-order valence-electron chi connectivity index (χ3n) is 2.06. The Bertz CT molecular complexity index is 287. The van der Waals surface area contributed by atoms with Crippen molar-refractivity contribution >= 4 is 6.21 Å². The predicted octanol–water partition coefficient (Wildman–Crippen LogP) is 2.54. The number of nitrogens with zero attached hydrogens (tertiary/aromatic N) is 1. The van der Waals surface area contributed by atoms with Gasteiger partial charge in [0.1, 0.15) is 0 Å². The maximum absolute atomic E-state index is 5.83. The molecule has 0 saturated carbocycles. The molecule has 0 amide bonds. The Hall–Kier alpha value is -1.51. The normalized spacial score (nSPS) is 14.6. The molecule has 0 bridgehead atoms. The van der Waals surface area contributed by atoms with Crippen molar-refractivity contribution in [1.29, 1.82) is 0 Å². The number of nitrogens with one attached hydrogen (secondary N) is 1. The molecule has 0 aliphatic rings. The van der Waals surface area contributed by atoms with E-state index >= 15 is 0 Å². The maximum atomic E-state index is 5.83. The van der Waals surface area contributed by atoms with Crippen molar-refractivity contribution in [3.63, 3.8) is 0 Å². The number of nitrogens with two attached hydrogens (primary N) is 1. The van der Waals surface area contributed by atoms with Crippen LogP contribution in [0, 0.1) is 5.92 Å². The topological polar surface area (TPSA) is 50.4 Å². The molecule has 0 aromatic carbocycles. The first-order valence-electron chi connectivity index (χ1n) is 5.10. The fourth-order valence-electron chi connectivity index (χ4n) is 0.791. The number of hydrogen-bond donors (Lipinski definition) is 2. The minimum Gasteiger partial charge on any atom is -0.396 e. The first-order chi connectivity index (χ1) is 7.02. The van der Waals surface area contributed by atoms with E-state index in [1.165, 1.54) is 0 Å². The zero-order valence-corrected chi connectivity index (χ0v) is 9.88. The van der Waals surface area contributed by atoms with Gasteiger partial charge in [-0.3, -0.25) is 0 Å². The molecule has 0 aromatic rings. The smallest absolute Gasteiger partial charge is 0.153 e. The van der Waals surface area contributed by atoms with E-state index in [0.717, 1.165) is 12.0 Å². The van der Waals surface area contributed by atoms with Crippen molar-refractivity contribution in [1.82, 2.24) is 5.32 Å². The van der Waals surface area contributed by atoms with E-state index in [2.05, 4.69) is 37.3 Å². The molecule has 0 heterocycles. The molecule has 15 heavy (non-hydrogen) atoms. The van der Waals surface area contributed by atoms with E-state index in [-0.39, 0.29) is 0 Å². The summed E-state index contributed by atoms with van der Waals surface area (Å²) in [5, 5.41) is 2.90. The molecular weight excluding hydrogens is 186 g/mol. The van der Waals surface area contributed by atoms with Crippen LogP contribution in [0.15, 0.2) is 41.4 Å². The van der Waals surface area contributed by atoms with Gasteiger partial charge in [-0.2, -0.15) is 0 Å². The van der Waals surface area contributed by atoms with Gasteiger partial charge >= 0.3 is 0 Å². The fraction of sp³-hybridized carbons (Fsp3) is 0.417. The molecule has 0 aliphatic heterocycles. The second-order valence-electron chi connectivity index (χ2n) is 3.55. The van der Waals surface area contributed by atoms with Crippen LogP contribution < -0.4 is 11.1 Å². The molecular formula is C12H21N3. The first kappa shape index (κ1) is 13.5. The van der Waals surface area contributed by atoms with Gasteiger partial charge in [0.05, 0.1) is 5.70 Å². The zero-order valence-electron chi connectivity index (χ0n) is 9.88. The monoisotopic (exact) mass is 207 g/mol. The third kappa shape index (κ3) is 5.05. The summed E-state index contributed by atoms with van der Waals surface area (Å²) >= 11 is 0. The standard InChI is InChI=1S/C12H21N3/c1-6-10(5)8-15-12(14-7-2)11(13)9(3)4/h7-8,10,14H,2-3,6,13H2,1,4-5H3/b12-11+,15-8?. The van der Waals surface area contributed by atoms with E-state index in [0.29, 0.717) is 17.4 Å². The molecule has 0 radical (unpaired) electrons. The van der Waals surface area contributed by atoms with Crippen LogP contribution in [0.5, 0.6) is 0 Å². The van der Waals surface area contributed by atoms with Crippen molar-refractivity contribution in [3.8, 4) is 0 Å². The highest BCUT2D eigenvalue weighted by Crippen LogP contribution is 2.07. The Morgan fingerprint density at radius 3 is 2.60 bits per heavy atom. The Kier molecular flexibility index (Phi) is 6.18. The molecule has 1 atom stereocenters. The molecule has 84 valence electrons. The summed E-state index contributed by atoms with van der Waals surface area (Å²) in [6, 6.07) is 0. The van der Waals surface area contributed by atoms with E-state index in [1.54, 1.807) is 6.20 Å². The number of rotatable bonds is 6. The van der Waals surface area contributed by atoms with Gasteiger partial charge in [0.15, 0.2) is 5.82 Å². The summed E-state index contributed by atoms with van der Waals surface area (Å²) in [5.41, 5.74) is 7.19. The summed E-state index contributed by atoms with van der Waals surface area (Å²) in [6.45, 7) is 13.4. The largest absolute Gasteiger partial charge is 0.396 e. The maximum Gasteiger partial charge on any atom is 0.153 e. The minimum atomic E-state index is 0.435. The highest BCUT2D eigenvalue weighted by Gasteiger charge is 2.01. The molecule has 3 heteroatoms. The molecule has 0 aliphatic carbocycles. The number of aliphatic imine (C=N–C) groups is 1. The second kappa shape index (κ2) is 6.87. The molecule has 0 spiro atoms. The van der Waals surface area contributed by atoms with Crippen molar-refractivity contribution in [2.75, 3.05) is 0 Å². The summed E-state index contributed by atoms with van der Waals surface area (Å²) in [4.78, 5) is 4.29. The van der Waals surface area contributed by atoms with Gasteiger partial charge in [0.25, 0.3) is 0 Å². The molecule has 3 N–H and O–H groups in total. The summed E-state index contributed by atoms with van der Waals surface area (Å²) in [5.74, 6) is 1.04. The highest BCUT2D eigenvalue weighted by atomic mass is 15.0. The van der Waals surface area contributed by atoms with Gasteiger partial charge in [-0.15, -0.1) is 0 Å². The van der Waals surface area contributed by atoms with Crippen molar-refractivity contribution in [3.05, 3.63) is 36.4 Å². The van der Waals surface area contributed by atoms with Crippen molar-refractivity contribution < 1.29 is 0 Å². The average molecular weight is 207 g/mol. The van der Waals surface area contributed by atoms with E-state index < -0.39 is 0 Å². The minimum absolute atomic E-state index is 0.435. The quantitative estimate of drug-likeness (QED) is 0.519. The van der Waals surface area contributed by atoms with Crippen molar-refractivity contribution in [2.24, 2.45) is 16.6 Å².